The third-order valence-electron chi connectivity index (χ3n) is 4.10. The van der Waals surface area contributed by atoms with Crippen LogP contribution < -0.4 is 14.8 Å². The minimum absolute atomic E-state index is 0.0549. The molecule has 0 amide bonds. The highest BCUT2D eigenvalue weighted by molar-refractivity contribution is 5.42. The zero-order valence-corrected chi connectivity index (χ0v) is 13.8. The molecule has 0 aromatic heterocycles. The van der Waals surface area contributed by atoms with E-state index in [9.17, 15) is 5.11 Å². The van der Waals surface area contributed by atoms with Crippen molar-refractivity contribution in [3.05, 3.63) is 23.8 Å². The van der Waals surface area contributed by atoms with E-state index in [1.54, 1.807) is 0 Å². The Bertz CT molecular complexity index is 461. The van der Waals surface area contributed by atoms with Gasteiger partial charge in [0.1, 0.15) is 11.5 Å². The standard InChI is InChI=1S/C17H28N2O3/c1-4-21-14-6-7-15(16(12-14)22-5-2)17(20)13(3)19-10-8-18-9-11-19/h6-7,12-13,17-18,20H,4-5,8-11H2,1-3H3. The van der Waals surface area contributed by atoms with Gasteiger partial charge < -0.3 is 19.9 Å². The Kier molecular flexibility index (Phi) is 6.49. The molecule has 2 N–H and O–H groups in total. The maximum Gasteiger partial charge on any atom is 0.128 e. The first-order valence-corrected chi connectivity index (χ1v) is 8.19. The van der Waals surface area contributed by atoms with Crippen LogP contribution in [0.3, 0.4) is 0 Å². The smallest absolute Gasteiger partial charge is 0.128 e. The number of nitrogens with one attached hydrogen (secondary N) is 1. The fraction of sp³-hybridized carbons (Fsp3) is 0.647. The number of aliphatic hydroxyl groups is 1. The molecule has 0 bridgehead atoms. The molecule has 1 aliphatic heterocycles. The number of piperazine rings is 1. The SMILES string of the molecule is CCOc1ccc(C(O)C(C)N2CCNCC2)c(OCC)c1. The quantitative estimate of drug-likeness (QED) is 0.804. The van der Waals surface area contributed by atoms with Gasteiger partial charge in [-0.2, -0.15) is 0 Å². The first kappa shape index (κ1) is 17.1. The van der Waals surface area contributed by atoms with E-state index in [1.165, 1.54) is 0 Å². The molecule has 5 nitrogen and oxygen atoms in total. The Morgan fingerprint density at radius 3 is 2.50 bits per heavy atom. The van der Waals surface area contributed by atoms with Crippen molar-refractivity contribution in [2.45, 2.75) is 32.9 Å². The van der Waals surface area contributed by atoms with Gasteiger partial charge in [-0.25, -0.2) is 0 Å². The van der Waals surface area contributed by atoms with Crippen LogP contribution in [0.15, 0.2) is 18.2 Å². The molecule has 0 radical (unpaired) electrons. The third-order valence-corrected chi connectivity index (χ3v) is 4.10. The van der Waals surface area contributed by atoms with E-state index in [0.29, 0.717) is 19.0 Å². The average molecular weight is 308 g/mol. The highest BCUT2D eigenvalue weighted by Crippen LogP contribution is 2.32. The summed E-state index contributed by atoms with van der Waals surface area (Å²) in [5.41, 5.74) is 0.830. The Morgan fingerprint density at radius 1 is 1.18 bits per heavy atom. The van der Waals surface area contributed by atoms with Crippen LogP contribution in [0.4, 0.5) is 0 Å². The highest BCUT2D eigenvalue weighted by atomic mass is 16.5. The van der Waals surface area contributed by atoms with E-state index in [4.69, 9.17) is 9.47 Å². The topological polar surface area (TPSA) is 54.0 Å². The van der Waals surface area contributed by atoms with Crippen molar-refractivity contribution in [1.82, 2.24) is 10.2 Å². The molecule has 1 aliphatic rings. The molecule has 22 heavy (non-hydrogen) atoms. The van der Waals surface area contributed by atoms with Crippen LogP contribution in [0.25, 0.3) is 0 Å². The van der Waals surface area contributed by atoms with Gasteiger partial charge in [-0.3, -0.25) is 4.90 Å². The van der Waals surface area contributed by atoms with E-state index in [1.807, 2.05) is 32.0 Å². The van der Waals surface area contributed by atoms with Crippen molar-refractivity contribution in [2.75, 3.05) is 39.4 Å². The summed E-state index contributed by atoms with van der Waals surface area (Å²) >= 11 is 0. The molecule has 2 rings (SSSR count). The van der Waals surface area contributed by atoms with Crippen LogP contribution in [-0.2, 0) is 0 Å². The molecule has 2 unspecified atom stereocenters. The van der Waals surface area contributed by atoms with E-state index in [0.717, 1.165) is 37.5 Å². The molecule has 124 valence electrons. The van der Waals surface area contributed by atoms with Gasteiger partial charge in [0.05, 0.1) is 19.3 Å². The Hall–Kier alpha value is -1.30. The van der Waals surface area contributed by atoms with E-state index in [-0.39, 0.29) is 6.04 Å². The molecule has 2 atom stereocenters. The molecule has 0 saturated carbocycles. The van der Waals surface area contributed by atoms with Gasteiger partial charge in [-0.05, 0) is 32.9 Å². The van der Waals surface area contributed by atoms with Crippen molar-refractivity contribution < 1.29 is 14.6 Å². The predicted molar refractivity (Wildman–Crippen MR) is 87.6 cm³/mol. The zero-order chi connectivity index (χ0) is 15.9. The predicted octanol–water partition coefficient (Wildman–Crippen LogP) is 1.81. The maximum atomic E-state index is 10.8. The second-order valence-electron chi connectivity index (χ2n) is 5.54. The van der Waals surface area contributed by atoms with Crippen LogP contribution in [-0.4, -0.2) is 55.4 Å². The second-order valence-corrected chi connectivity index (χ2v) is 5.54. The van der Waals surface area contributed by atoms with Crippen molar-refractivity contribution in [3.8, 4) is 11.5 Å². The van der Waals surface area contributed by atoms with E-state index >= 15 is 0 Å². The van der Waals surface area contributed by atoms with Gasteiger partial charge in [0.2, 0.25) is 0 Å². The van der Waals surface area contributed by atoms with Crippen LogP contribution in [0.1, 0.15) is 32.4 Å². The molecule has 1 heterocycles. The monoisotopic (exact) mass is 308 g/mol. The molecule has 5 heteroatoms. The molecular formula is C17H28N2O3. The fourth-order valence-corrected chi connectivity index (χ4v) is 2.84. The van der Waals surface area contributed by atoms with Gasteiger partial charge >= 0.3 is 0 Å². The zero-order valence-electron chi connectivity index (χ0n) is 13.8. The molecular weight excluding hydrogens is 280 g/mol. The number of aliphatic hydroxyl groups excluding tert-OH is 1. The van der Waals surface area contributed by atoms with Crippen molar-refractivity contribution in [3.63, 3.8) is 0 Å². The van der Waals surface area contributed by atoms with Crippen LogP contribution in [0.5, 0.6) is 11.5 Å². The summed E-state index contributed by atoms with van der Waals surface area (Å²) in [6.07, 6.45) is -0.574. The highest BCUT2D eigenvalue weighted by Gasteiger charge is 2.26. The van der Waals surface area contributed by atoms with Gasteiger partial charge in [-0.1, -0.05) is 0 Å². The summed E-state index contributed by atoms with van der Waals surface area (Å²) in [5, 5.41) is 14.1. The second kappa shape index (κ2) is 8.36. The lowest BCUT2D eigenvalue weighted by atomic mass is 10.0. The number of rotatable bonds is 7. The summed E-state index contributed by atoms with van der Waals surface area (Å²) in [4.78, 5) is 2.31. The lowest BCUT2D eigenvalue weighted by Crippen LogP contribution is -2.49. The molecule has 0 spiro atoms. The van der Waals surface area contributed by atoms with Crippen molar-refractivity contribution in [1.29, 1.82) is 0 Å². The van der Waals surface area contributed by atoms with Gasteiger partial charge in [0, 0.05) is 43.9 Å². The van der Waals surface area contributed by atoms with E-state index < -0.39 is 6.10 Å². The average Bonchev–Trinajstić information content (AvgIpc) is 2.55. The molecule has 0 aliphatic carbocycles. The molecule has 1 fully saturated rings. The largest absolute Gasteiger partial charge is 0.494 e. The van der Waals surface area contributed by atoms with Crippen molar-refractivity contribution in [2.24, 2.45) is 0 Å². The van der Waals surface area contributed by atoms with Crippen LogP contribution in [0, 0.1) is 0 Å². The van der Waals surface area contributed by atoms with E-state index in [2.05, 4.69) is 17.1 Å². The van der Waals surface area contributed by atoms with Crippen molar-refractivity contribution >= 4 is 0 Å². The lowest BCUT2D eigenvalue weighted by Gasteiger charge is -2.35. The number of benzene rings is 1. The minimum atomic E-state index is -0.574. The summed E-state index contributed by atoms with van der Waals surface area (Å²) in [7, 11) is 0. The molecule has 1 saturated heterocycles. The van der Waals surface area contributed by atoms with Crippen LogP contribution in [0.2, 0.25) is 0 Å². The summed E-state index contributed by atoms with van der Waals surface area (Å²) in [5.74, 6) is 1.49. The Morgan fingerprint density at radius 2 is 1.86 bits per heavy atom. The third kappa shape index (κ3) is 4.12. The number of nitrogens with zero attached hydrogens (tertiary/aromatic N) is 1. The minimum Gasteiger partial charge on any atom is -0.494 e. The summed E-state index contributed by atoms with van der Waals surface area (Å²) in [6.45, 7) is 11.0. The summed E-state index contributed by atoms with van der Waals surface area (Å²) in [6, 6.07) is 5.74. The Labute approximate surface area is 133 Å². The fourth-order valence-electron chi connectivity index (χ4n) is 2.84. The first-order valence-electron chi connectivity index (χ1n) is 8.19. The molecule has 1 aromatic rings. The Balaban J connectivity index is 2.17. The summed E-state index contributed by atoms with van der Waals surface area (Å²) < 4.78 is 11.2. The van der Waals surface area contributed by atoms with Gasteiger partial charge in [0.15, 0.2) is 0 Å². The molecule has 1 aromatic carbocycles. The van der Waals surface area contributed by atoms with Gasteiger partial charge in [0.25, 0.3) is 0 Å². The number of hydrogen-bond donors (Lipinski definition) is 2. The number of ether oxygens (including phenoxy) is 2. The number of hydrogen-bond acceptors (Lipinski definition) is 5. The maximum absolute atomic E-state index is 10.8. The van der Waals surface area contributed by atoms with Crippen LogP contribution >= 0.6 is 0 Å². The van der Waals surface area contributed by atoms with Gasteiger partial charge in [-0.15, -0.1) is 0 Å². The lowest BCUT2D eigenvalue weighted by molar-refractivity contribution is 0.0491. The first-order chi connectivity index (χ1) is 10.7. The normalized spacial score (nSPS) is 18.7.